The fourth-order valence-electron chi connectivity index (χ4n) is 3.47. The lowest BCUT2D eigenvalue weighted by atomic mass is 9.92. The maximum Gasteiger partial charge on any atom is 0.192 e. The van der Waals surface area contributed by atoms with Crippen LogP contribution in [0, 0.1) is 0 Å². The molecule has 1 unspecified atom stereocenters. The molecule has 0 aliphatic carbocycles. The Morgan fingerprint density at radius 2 is 1.58 bits per heavy atom. The van der Waals surface area contributed by atoms with Crippen LogP contribution >= 0.6 is 0 Å². The molecule has 0 saturated heterocycles. The molecule has 1 atom stereocenters. The van der Waals surface area contributed by atoms with Crippen LogP contribution < -0.4 is 9.47 Å². The summed E-state index contributed by atoms with van der Waals surface area (Å²) in [6.07, 6.45) is 0.544. The van der Waals surface area contributed by atoms with Crippen molar-refractivity contribution in [1.82, 2.24) is 0 Å². The second-order valence-corrected chi connectivity index (χ2v) is 15.1. The summed E-state index contributed by atoms with van der Waals surface area (Å²) in [5, 5.41) is 13.9. The van der Waals surface area contributed by atoms with E-state index < -0.39 is 13.9 Å². The molecule has 0 heterocycles. The highest BCUT2D eigenvalue weighted by Crippen LogP contribution is 2.39. The number of rotatable bonds is 9. The molecule has 0 fully saturated rings. The van der Waals surface area contributed by atoms with E-state index in [4.69, 9.17) is 13.9 Å². The molecular formula is C28H38O4Si. The lowest BCUT2D eigenvalue weighted by Crippen LogP contribution is -2.45. The second-order valence-electron chi connectivity index (χ2n) is 10.3. The van der Waals surface area contributed by atoms with Gasteiger partial charge in [0, 0.05) is 0 Å². The monoisotopic (exact) mass is 466 g/mol. The van der Waals surface area contributed by atoms with Gasteiger partial charge in [0.05, 0.1) is 13.7 Å². The quantitative estimate of drug-likeness (QED) is 0.343. The van der Waals surface area contributed by atoms with Crippen LogP contribution in [0.3, 0.4) is 0 Å². The van der Waals surface area contributed by atoms with Gasteiger partial charge < -0.3 is 19.0 Å². The lowest BCUT2D eigenvalue weighted by Gasteiger charge is -2.39. The molecule has 3 rings (SSSR count). The summed E-state index contributed by atoms with van der Waals surface area (Å²) in [6.45, 7) is 13.7. The standard InChI is InChI=1S/C28H38O4Si/c1-8-28(29,20-32-33(6,7)27(2,3)4)24-15-16-25(26(18-24)30-5)31-19-21-13-14-22-11-9-10-12-23(22)17-21/h9-18,29H,8,19-20H2,1-7H3. The Bertz CT molecular complexity index is 1090. The van der Waals surface area contributed by atoms with E-state index in [1.807, 2.05) is 37.3 Å². The van der Waals surface area contributed by atoms with E-state index in [0.29, 0.717) is 24.5 Å². The Balaban J connectivity index is 1.76. The molecule has 0 spiro atoms. The van der Waals surface area contributed by atoms with Gasteiger partial charge in [0.15, 0.2) is 19.8 Å². The van der Waals surface area contributed by atoms with Crippen molar-refractivity contribution in [3.63, 3.8) is 0 Å². The summed E-state index contributed by atoms with van der Waals surface area (Å²) in [5.74, 6) is 1.26. The Hall–Kier alpha value is -2.34. The van der Waals surface area contributed by atoms with Crippen molar-refractivity contribution in [1.29, 1.82) is 0 Å². The van der Waals surface area contributed by atoms with E-state index in [0.717, 1.165) is 11.1 Å². The molecular weight excluding hydrogens is 428 g/mol. The van der Waals surface area contributed by atoms with E-state index in [-0.39, 0.29) is 11.6 Å². The van der Waals surface area contributed by atoms with E-state index in [1.54, 1.807) is 7.11 Å². The van der Waals surface area contributed by atoms with Crippen LogP contribution in [0.4, 0.5) is 0 Å². The van der Waals surface area contributed by atoms with Gasteiger partial charge in [0.1, 0.15) is 12.2 Å². The van der Waals surface area contributed by atoms with Crippen molar-refractivity contribution in [2.75, 3.05) is 13.7 Å². The van der Waals surface area contributed by atoms with Gasteiger partial charge >= 0.3 is 0 Å². The van der Waals surface area contributed by atoms with Crippen molar-refractivity contribution < 1.29 is 19.0 Å². The topological polar surface area (TPSA) is 47.9 Å². The first-order valence-electron chi connectivity index (χ1n) is 11.6. The molecule has 0 amide bonds. The predicted octanol–water partition coefficient (Wildman–Crippen LogP) is 7.05. The molecule has 0 aliphatic rings. The third kappa shape index (κ3) is 5.78. The van der Waals surface area contributed by atoms with E-state index in [2.05, 4.69) is 64.2 Å². The number of fused-ring (bicyclic) bond motifs is 1. The summed E-state index contributed by atoms with van der Waals surface area (Å²) in [5.41, 5.74) is 0.783. The number of hydrogen-bond acceptors (Lipinski definition) is 4. The third-order valence-corrected chi connectivity index (χ3v) is 11.5. The van der Waals surface area contributed by atoms with E-state index in [1.165, 1.54) is 10.8 Å². The molecule has 0 saturated carbocycles. The Kier molecular flexibility index (Phi) is 7.57. The fraction of sp³-hybridized carbons (Fsp3) is 0.429. The Labute approximate surface area is 199 Å². The Morgan fingerprint density at radius 3 is 2.21 bits per heavy atom. The van der Waals surface area contributed by atoms with Gasteiger partial charge in [0.2, 0.25) is 0 Å². The second kappa shape index (κ2) is 9.88. The van der Waals surface area contributed by atoms with Gasteiger partial charge in [-0.3, -0.25) is 0 Å². The first kappa shape index (κ1) is 25.3. The normalized spacial score (nSPS) is 14.2. The van der Waals surface area contributed by atoms with Gasteiger partial charge in [-0.25, -0.2) is 0 Å². The van der Waals surface area contributed by atoms with Crippen molar-refractivity contribution in [2.45, 2.75) is 64.5 Å². The minimum Gasteiger partial charge on any atom is -0.493 e. The van der Waals surface area contributed by atoms with Crippen LogP contribution in [-0.2, 0) is 16.6 Å². The molecule has 4 nitrogen and oxygen atoms in total. The van der Waals surface area contributed by atoms with Crippen molar-refractivity contribution in [2.24, 2.45) is 0 Å². The largest absolute Gasteiger partial charge is 0.493 e. The molecule has 33 heavy (non-hydrogen) atoms. The fourth-order valence-corrected chi connectivity index (χ4v) is 4.50. The number of methoxy groups -OCH3 is 1. The van der Waals surface area contributed by atoms with Gasteiger partial charge in [-0.15, -0.1) is 0 Å². The van der Waals surface area contributed by atoms with Gasteiger partial charge in [-0.05, 0) is 64.7 Å². The number of benzene rings is 3. The van der Waals surface area contributed by atoms with E-state index >= 15 is 0 Å². The summed E-state index contributed by atoms with van der Waals surface area (Å²) >= 11 is 0. The van der Waals surface area contributed by atoms with Crippen LogP contribution in [0.25, 0.3) is 10.8 Å². The maximum absolute atomic E-state index is 11.4. The minimum absolute atomic E-state index is 0.0831. The molecule has 0 bridgehead atoms. The number of ether oxygens (including phenoxy) is 2. The van der Waals surface area contributed by atoms with Crippen LogP contribution in [0.2, 0.25) is 18.1 Å². The molecule has 5 heteroatoms. The van der Waals surface area contributed by atoms with Crippen molar-refractivity contribution in [3.05, 3.63) is 71.8 Å². The molecule has 3 aromatic rings. The highest BCUT2D eigenvalue weighted by molar-refractivity contribution is 6.74. The number of hydrogen-bond donors (Lipinski definition) is 1. The molecule has 178 valence electrons. The average Bonchev–Trinajstić information content (AvgIpc) is 2.80. The van der Waals surface area contributed by atoms with Crippen molar-refractivity contribution in [3.8, 4) is 11.5 Å². The molecule has 0 aliphatic heterocycles. The molecule has 3 aromatic carbocycles. The average molecular weight is 467 g/mol. The maximum atomic E-state index is 11.4. The van der Waals surface area contributed by atoms with E-state index in [9.17, 15) is 5.11 Å². The third-order valence-electron chi connectivity index (χ3n) is 6.97. The number of aliphatic hydroxyl groups is 1. The van der Waals surface area contributed by atoms with Gasteiger partial charge in [0.25, 0.3) is 0 Å². The van der Waals surface area contributed by atoms with Crippen LogP contribution in [-0.4, -0.2) is 27.1 Å². The van der Waals surface area contributed by atoms with Crippen molar-refractivity contribution >= 4 is 19.1 Å². The SMILES string of the molecule is CCC(O)(CO[Si](C)(C)C(C)(C)C)c1ccc(OCc2ccc3ccccc3c2)c(OC)c1. The summed E-state index contributed by atoms with van der Waals surface area (Å²) in [6, 6.07) is 20.3. The molecule has 1 N–H and O–H groups in total. The zero-order valence-corrected chi connectivity index (χ0v) is 22.1. The summed E-state index contributed by atoms with van der Waals surface area (Å²) < 4.78 is 18.1. The first-order chi connectivity index (χ1) is 15.5. The molecule has 0 aromatic heterocycles. The minimum atomic E-state index is -1.98. The zero-order valence-electron chi connectivity index (χ0n) is 21.1. The first-order valence-corrected chi connectivity index (χ1v) is 14.6. The summed E-state index contributed by atoms with van der Waals surface area (Å²) in [7, 11) is -0.358. The smallest absolute Gasteiger partial charge is 0.192 e. The zero-order chi connectivity index (χ0) is 24.3. The highest BCUT2D eigenvalue weighted by atomic mass is 28.4. The predicted molar refractivity (Wildman–Crippen MR) is 139 cm³/mol. The summed E-state index contributed by atoms with van der Waals surface area (Å²) in [4.78, 5) is 0. The van der Waals surface area contributed by atoms with Crippen LogP contribution in [0.5, 0.6) is 11.5 Å². The Morgan fingerprint density at radius 1 is 0.879 bits per heavy atom. The lowest BCUT2D eigenvalue weighted by molar-refractivity contribution is -0.0176. The van der Waals surface area contributed by atoms with Crippen LogP contribution in [0.1, 0.15) is 45.2 Å². The van der Waals surface area contributed by atoms with Crippen LogP contribution in [0.15, 0.2) is 60.7 Å². The highest BCUT2D eigenvalue weighted by Gasteiger charge is 2.40. The van der Waals surface area contributed by atoms with Gasteiger partial charge in [-0.2, -0.15) is 0 Å². The molecule has 0 radical (unpaired) electrons. The van der Waals surface area contributed by atoms with Gasteiger partial charge in [-0.1, -0.05) is 70.2 Å².